The quantitative estimate of drug-likeness (QED) is 0.690. The molecule has 1 aliphatic heterocycles. The fourth-order valence-electron chi connectivity index (χ4n) is 1.59. The molecular weight excluding hydrogens is 167 g/mol. The summed E-state index contributed by atoms with van der Waals surface area (Å²) < 4.78 is 35.6. The van der Waals surface area contributed by atoms with Gasteiger partial charge in [-0.3, -0.25) is 0 Å². The Kier molecular flexibility index (Phi) is 2.66. The number of halogens is 3. The van der Waals surface area contributed by atoms with Gasteiger partial charge in [0.25, 0.3) is 0 Å². The van der Waals surface area contributed by atoms with Gasteiger partial charge in [0.2, 0.25) is 0 Å². The summed E-state index contributed by atoms with van der Waals surface area (Å²) in [6, 6.07) is 0. The maximum atomic E-state index is 11.9. The van der Waals surface area contributed by atoms with Crippen molar-refractivity contribution in [1.29, 1.82) is 0 Å². The maximum absolute atomic E-state index is 11.9. The number of nitrogens with one attached hydrogen (secondary N) is 1. The van der Waals surface area contributed by atoms with E-state index < -0.39 is 12.6 Å². The highest BCUT2D eigenvalue weighted by atomic mass is 19.4. The van der Waals surface area contributed by atoms with E-state index >= 15 is 0 Å². The Balaban J connectivity index is 2.30. The molecule has 4 heteroatoms. The molecule has 1 aliphatic rings. The zero-order chi connectivity index (χ0) is 9.24. The summed E-state index contributed by atoms with van der Waals surface area (Å²) in [7, 11) is 0. The minimum Gasteiger partial charge on any atom is -0.312 e. The van der Waals surface area contributed by atoms with Crippen molar-refractivity contribution in [3.8, 4) is 0 Å². The minimum absolute atomic E-state index is 0.205. The third-order valence-corrected chi connectivity index (χ3v) is 2.42. The van der Waals surface area contributed by atoms with Gasteiger partial charge in [0.05, 0.1) is 0 Å². The van der Waals surface area contributed by atoms with Gasteiger partial charge in [-0.25, -0.2) is 0 Å². The lowest BCUT2D eigenvalue weighted by Gasteiger charge is -2.24. The molecular formula is C8H14F3N. The summed E-state index contributed by atoms with van der Waals surface area (Å²) in [5, 5.41) is 3.11. The zero-order valence-corrected chi connectivity index (χ0v) is 7.17. The second-order valence-electron chi connectivity index (χ2n) is 3.71. The van der Waals surface area contributed by atoms with Crippen molar-refractivity contribution in [1.82, 2.24) is 5.32 Å². The van der Waals surface area contributed by atoms with Crippen molar-refractivity contribution < 1.29 is 13.2 Å². The second kappa shape index (κ2) is 3.24. The molecule has 72 valence electrons. The molecule has 0 aromatic rings. The van der Waals surface area contributed by atoms with Gasteiger partial charge in [-0.15, -0.1) is 0 Å². The third kappa shape index (κ3) is 3.01. The molecule has 12 heavy (non-hydrogen) atoms. The van der Waals surface area contributed by atoms with Gasteiger partial charge in [-0.05, 0) is 32.7 Å². The van der Waals surface area contributed by atoms with E-state index in [4.69, 9.17) is 0 Å². The topological polar surface area (TPSA) is 12.0 Å². The average Bonchev–Trinajstić information content (AvgIpc) is 2.32. The van der Waals surface area contributed by atoms with Gasteiger partial charge in [0.1, 0.15) is 0 Å². The van der Waals surface area contributed by atoms with E-state index in [2.05, 4.69) is 5.32 Å². The monoisotopic (exact) mass is 181 g/mol. The van der Waals surface area contributed by atoms with Crippen LogP contribution in [0.5, 0.6) is 0 Å². The van der Waals surface area contributed by atoms with Crippen LogP contribution in [0.4, 0.5) is 13.2 Å². The molecule has 0 spiro atoms. The summed E-state index contributed by atoms with van der Waals surface area (Å²) in [6.45, 7) is 2.72. The maximum Gasteiger partial charge on any atom is 0.389 e. The molecule has 0 amide bonds. The Morgan fingerprint density at radius 1 is 1.42 bits per heavy atom. The first-order valence-corrected chi connectivity index (χ1v) is 4.23. The van der Waals surface area contributed by atoms with Crippen molar-refractivity contribution in [2.24, 2.45) is 0 Å². The van der Waals surface area contributed by atoms with Gasteiger partial charge < -0.3 is 5.32 Å². The summed E-state index contributed by atoms with van der Waals surface area (Å²) in [5.41, 5.74) is -0.268. The second-order valence-corrected chi connectivity index (χ2v) is 3.71. The van der Waals surface area contributed by atoms with Crippen LogP contribution < -0.4 is 5.32 Å². The van der Waals surface area contributed by atoms with E-state index in [0.29, 0.717) is 0 Å². The van der Waals surface area contributed by atoms with Crippen LogP contribution in [0, 0.1) is 0 Å². The van der Waals surface area contributed by atoms with Crippen molar-refractivity contribution in [2.45, 2.75) is 44.3 Å². The van der Waals surface area contributed by atoms with E-state index in [-0.39, 0.29) is 12.0 Å². The van der Waals surface area contributed by atoms with Gasteiger partial charge in [0.15, 0.2) is 0 Å². The van der Waals surface area contributed by atoms with Crippen LogP contribution in [0.25, 0.3) is 0 Å². The molecule has 1 N–H and O–H groups in total. The molecule has 1 atom stereocenters. The fraction of sp³-hybridized carbons (Fsp3) is 1.00. The highest BCUT2D eigenvalue weighted by Crippen LogP contribution is 2.30. The smallest absolute Gasteiger partial charge is 0.312 e. The van der Waals surface area contributed by atoms with Gasteiger partial charge in [0, 0.05) is 12.0 Å². The van der Waals surface area contributed by atoms with E-state index in [1.165, 1.54) is 0 Å². The predicted molar refractivity (Wildman–Crippen MR) is 40.9 cm³/mol. The highest BCUT2D eigenvalue weighted by Gasteiger charge is 2.34. The Morgan fingerprint density at radius 3 is 2.50 bits per heavy atom. The van der Waals surface area contributed by atoms with E-state index in [0.717, 1.165) is 19.4 Å². The van der Waals surface area contributed by atoms with E-state index in [9.17, 15) is 13.2 Å². The molecule has 0 aliphatic carbocycles. The zero-order valence-electron chi connectivity index (χ0n) is 7.17. The van der Waals surface area contributed by atoms with Gasteiger partial charge >= 0.3 is 6.18 Å². The standard InChI is InChI=1S/C8H14F3N/c1-7(3-2-6-12-7)4-5-8(9,10)11/h12H,2-6H2,1H3/t7-/m0/s1. The van der Waals surface area contributed by atoms with Crippen molar-refractivity contribution >= 4 is 0 Å². The van der Waals surface area contributed by atoms with Crippen LogP contribution in [0.3, 0.4) is 0 Å². The highest BCUT2D eigenvalue weighted by molar-refractivity contribution is 4.88. The van der Waals surface area contributed by atoms with Crippen LogP contribution in [-0.2, 0) is 0 Å². The number of alkyl halides is 3. The molecule has 0 aromatic carbocycles. The normalized spacial score (nSPS) is 31.0. The molecule has 0 bridgehead atoms. The summed E-state index contributed by atoms with van der Waals surface area (Å²) in [6.07, 6.45) is -2.61. The van der Waals surface area contributed by atoms with Crippen molar-refractivity contribution in [3.05, 3.63) is 0 Å². The first-order chi connectivity index (χ1) is 5.41. The van der Waals surface area contributed by atoms with Crippen molar-refractivity contribution in [3.63, 3.8) is 0 Å². The number of hydrogen-bond donors (Lipinski definition) is 1. The summed E-state index contributed by atoms with van der Waals surface area (Å²) >= 11 is 0. The van der Waals surface area contributed by atoms with Crippen LogP contribution >= 0.6 is 0 Å². The lowest BCUT2D eigenvalue weighted by atomic mass is 9.94. The molecule has 1 saturated heterocycles. The summed E-state index contributed by atoms with van der Waals surface area (Å²) in [5.74, 6) is 0. The van der Waals surface area contributed by atoms with Crippen LogP contribution in [0.2, 0.25) is 0 Å². The molecule has 0 saturated carbocycles. The third-order valence-electron chi connectivity index (χ3n) is 2.42. The fourth-order valence-corrected chi connectivity index (χ4v) is 1.59. The van der Waals surface area contributed by atoms with Gasteiger partial charge in [-0.2, -0.15) is 13.2 Å². The van der Waals surface area contributed by atoms with E-state index in [1.54, 1.807) is 0 Å². The minimum atomic E-state index is -4.01. The Hall–Kier alpha value is -0.250. The number of hydrogen-bond acceptors (Lipinski definition) is 1. The summed E-state index contributed by atoms with van der Waals surface area (Å²) in [4.78, 5) is 0. The molecule has 0 radical (unpaired) electrons. The molecule has 1 heterocycles. The predicted octanol–water partition coefficient (Wildman–Crippen LogP) is 2.47. The Morgan fingerprint density at radius 2 is 2.08 bits per heavy atom. The Bertz CT molecular complexity index is 147. The molecule has 1 nitrogen and oxygen atoms in total. The lowest BCUT2D eigenvalue weighted by molar-refractivity contribution is -0.138. The lowest BCUT2D eigenvalue weighted by Crippen LogP contribution is -2.37. The first kappa shape index (κ1) is 9.84. The van der Waals surface area contributed by atoms with Gasteiger partial charge in [-0.1, -0.05) is 0 Å². The average molecular weight is 181 g/mol. The van der Waals surface area contributed by atoms with Crippen LogP contribution in [0.1, 0.15) is 32.6 Å². The van der Waals surface area contributed by atoms with Crippen molar-refractivity contribution in [2.75, 3.05) is 6.54 Å². The number of rotatable bonds is 2. The molecule has 0 aromatic heterocycles. The van der Waals surface area contributed by atoms with Crippen LogP contribution in [0.15, 0.2) is 0 Å². The van der Waals surface area contributed by atoms with Crippen LogP contribution in [-0.4, -0.2) is 18.3 Å². The Labute approximate surface area is 70.3 Å². The molecule has 1 fully saturated rings. The molecule has 1 rings (SSSR count). The van der Waals surface area contributed by atoms with E-state index in [1.807, 2.05) is 6.92 Å². The largest absolute Gasteiger partial charge is 0.389 e. The first-order valence-electron chi connectivity index (χ1n) is 4.23. The molecule has 0 unspecified atom stereocenters. The SMILES string of the molecule is C[C@@]1(CCC(F)(F)F)CCCN1.